The van der Waals surface area contributed by atoms with Gasteiger partial charge in [-0.3, -0.25) is 5.41 Å². The molecule has 4 nitrogen and oxygen atoms in total. The minimum Gasteiger partial charge on any atom is -0.872 e. The number of aromatic nitrogens is 1. The first-order valence-corrected chi connectivity index (χ1v) is 7.96. The van der Waals surface area contributed by atoms with Gasteiger partial charge in [0.2, 0.25) is 0 Å². The van der Waals surface area contributed by atoms with E-state index in [1.807, 2.05) is 66.7 Å². The third-order valence-corrected chi connectivity index (χ3v) is 4.32. The smallest absolute Gasteiger partial charge is 0.122 e. The second-order valence-corrected chi connectivity index (χ2v) is 5.95. The van der Waals surface area contributed by atoms with Crippen LogP contribution >= 0.6 is 0 Å². The number of nitrogen functional groups attached to an aromatic ring is 1. The highest BCUT2D eigenvalue weighted by molar-refractivity contribution is 5.99. The van der Waals surface area contributed by atoms with Gasteiger partial charge in [0.15, 0.2) is 0 Å². The fourth-order valence-electron chi connectivity index (χ4n) is 3.04. The summed E-state index contributed by atoms with van der Waals surface area (Å²) in [5.74, 6) is 0.0206. The van der Waals surface area contributed by atoms with Crippen LogP contribution in [0.25, 0.3) is 33.3 Å². The van der Waals surface area contributed by atoms with Crippen molar-refractivity contribution >= 4 is 16.7 Å². The zero-order chi connectivity index (χ0) is 17.4. The second-order valence-electron chi connectivity index (χ2n) is 5.95. The van der Waals surface area contributed by atoms with E-state index in [2.05, 4.69) is 4.98 Å². The van der Waals surface area contributed by atoms with Gasteiger partial charge in [0.1, 0.15) is 5.84 Å². The van der Waals surface area contributed by atoms with E-state index < -0.39 is 0 Å². The molecule has 3 aromatic carbocycles. The summed E-state index contributed by atoms with van der Waals surface area (Å²) in [7, 11) is 0. The summed E-state index contributed by atoms with van der Waals surface area (Å²) < 4.78 is 0. The largest absolute Gasteiger partial charge is 0.872 e. The average molecular weight is 326 g/mol. The molecular weight excluding hydrogens is 310 g/mol. The highest BCUT2D eigenvalue weighted by Crippen LogP contribution is 2.36. The Morgan fingerprint density at radius 2 is 1.64 bits per heavy atom. The molecule has 4 aromatic rings. The van der Waals surface area contributed by atoms with Crippen molar-refractivity contribution in [1.29, 1.82) is 5.41 Å². The van der Waals surface area contributed by atoms with Crippen molar-refractivity contribution in [2.24, 2.45) is 5.73 Å². The van der Waals surface area contributed by atoms with Gasteiger partial charge in [0, 0.05) is 22.2 Å². The summed E-state index contributed by atoms with van der Waals surface area (Å²) >= 11 is 0. The normalized spacial score (nSPS) is 10.9. The van der Waals surface area contributed by atoms with Crippen LogP contribution in [-0.2, 0) is 0 Å². The van der Waals surface area contributed by atoms with Crippen molar-refractivity contribution in [3.8, 4) is 28.1 Å². The standard InChI is InChI=1S/C21H17N3O/c22-21(23)14-9-10-18-15(11-14)12-19(24-18)17-8-4-7-16(20(17)25)13-5-2-1-3-6-13/h1-12,24-25H,(H3,22,23)/p-1. The molecule has 0 saturated heterocycles. The van der Waals surface area contributed by atoms with Crippen LogP contribution in [-0.4, -0.2) is 10.8 Å². The Labute approximate surface area is 145 Å². The first-order valence-electron chi connectivity index (χ1n) is 7.96. The van der Waals surface area contributed by atoms with Gasteiger partial charge < -0.3 is 15.8 Å². The minimum atomic E-state index is -0.00736. The summed E-state index contributed by atoms with van der Waals surface area (Å²) in [6.45, 7) is 0. The lowest BCUT2D eigenvalue weighted by atomic mass is 10.00. The number of amidine groups is 1. The zero-order valence-corrected chi connectivity index (χ0v) is 13.4. The molecule has 0 saturated carbocycles. The Balaban J connectivity index is 1.85. The molecule has 0 aliphatic heterocycles. The number of rotatable bonds is 3. The maximum Gasteiger partial charge on any atom is 0.122 e. The van der Waals surface area contributed by atoms with Gasteiger partial charge in [-0.25, -0.2) is 0 Å². The van der Waals surface area contributed by atoms with Gasteiger partial charge >= 0.3 is 0 Å². The third-order valence-electron chi connectivity index (χ3n) is 4.32. The second kappa shape index (κ2) is 5.83. The molecule has 0 atom stereocenters. The van der Waals surface area contributed by atoms with E-state index in [9.17, 15) is 5.11 Å². The number of aromatic amines is 1. The number of H-pyrrole nitrogens is 1. The molecule has 4 heteroatoms. The Morgan fingerprint density at radius 3 is 2.40 bits per heavy atom. The van der Waals surface area contributed by atoms with E-state index >= 15 is 0 Å². The molecule has 25 heavy (non-hydrogen) atoms. The van der Waals surface area contributed by atoms with Crippen molar-refractivity contribution in [3.05, 3.63) is 78.4 Å². The number of nitrogens with two attached hydrogens (primary N) is 1. The van der Waals surface area contributed by atoms with E-state index in [-0.39, 0.29) is 11.6 Å². The van der Waals surface area contributed by atoms with Crippen LogP contribution in [0.4, 0.5) is 0 Å². The molecule has 122 valence electrons. The maximum atomic E-state index is 12.9. The van der Waals surface area contributed by atoms with Gasteiger partial charge in [-0.1, -0.05) is 54.3 Å². The van der Waals surface area contributed by atoms with Gasteiger partial charge in [0.05, 0.1) is 0 Å². The average Bonchev–Trinajstić information content (AvgIpc) is 3.05. The summed E-state index contributed by atoms with van der Waals surface area (Å²) in [4.78, 5) is 3.29. The molecule has 0 aliphatic carbocycles. The van der Waals surface area contributed by atoms with Crippen LogP contribution in [0.1, 0.15) is 5.56 Å². The van der Waals surface area contributed by atoms with Crippen LogP contribution in [0.2, 0.25) is 0 Å². The number of para-hydroxylation sites is 1. The lowest BCUT2D eigenvalue weighted by Crippen LogP contribution is -2.10. The van der Waals surface area contributed by atoms with Crippen molar-refractivity contribution in [3.63, 3.8) is 0 Å². The first kappa shape index (κ1) is 15.0. The number of hydrogen-bond acceptors (Lipinski definition) is 2. The van der Waals surface area contributed by atoms with Crippen molar-refractivity contribution < 1.29 is 5.11 Å². The van der Waals surface area contributed by atoms with Gasteiger partial charge in [-0.2, -0.15) is 0 Å². The predicted molar refractivity (Wildman–Crippen MR) is 99.6 cm³/mol. The van der Waals surface area contributed by atoms with E-state index in [0.29, 0.717) is 16.7 Å². The monoisotopic (exact) mass is 326 g/mol. The highest BCUT2D eigenvalue weighted by Gasteiger charge is 2.08. The van der Waals surface area contributed by atoms with Crippen molar-refractivity contribution in [2.45, 2.75) is 0 Å². The molecule has 4 N–H and O–H groups in total. The van der Waals surface area contributed by atoms with Crippen molar-refractivity contribution in [2.75, 3.05) is 0 Å². The highest BCUT2D eigenvalue weighted by atomic mass is 16.3. The van der Waals surface area contributed by atoms with Crippen LogP contribution in [0.3, 0.4) is 0 Å². The number of benzene rings is 3. The summed E-state index contributed by atoms with van der Waals surface area (Å²) in [6, 6.07) is 22.7. The zero-order valence-electron chi connectivity index (χ0n) is 13.4. The lowest BCUT2D eigenvalue weighted by molar-refractivity contribution is -0.266. The molecule has 0 unspecified atom stereocenters. The van der Waals surface area contributed by atoms with Gasteiger partial charge in [-0.15, -0.1) is 0 Å². The molecule has 0 aliphatic rings. The SMILES string of the molecule is N=C(N)c1ccc2[nH]c(-c3cccc(-c4ccccc4)c3[O-])cc2c1. The molecule has 4 rings (SSSR count). The molecule has 0 spiro atoms. The molecular formula is C21H16N3O-. The fourth-order valence-corrected chi connectivity index (χ4v) is 3.04. The minimum absolute atomic E-state index is 0.00736. The Bertz CT molecular complexity index is 1080. The molecule has 0 radical (unpaired) electrons. The Hall–Kier alpha value is -3.53. The third kappa shape index (κ3) is 2.64. The maximum absolute atomic E-state index is 12.9. The molecule has 0 amide bonds. The van der Waals surface area contributed by atoms with Crippen LogP contribution in [0.15, 0.2) is 72.8 Å². The fraction of sp³-hybridized carbons (Fsp3) is 0. The Kier molecular flexibility index (Phi) is 3.51. The van der Waals surface area contributed by atoms with E-state index in [4.69, 9.17) is 11.1 Å². The predicted octanol–water partition coefficient (Wildman–Crippen LogP) is 3.86. The molecule has 1 aromatic heterocycles. The van der Waals surface area contributed by atoms with E-state index in [1.54, 1.807) is 6.07 Å². The summed E-state index contributed by atoms with van der Waals surface area (Å²) in [5.41, 5.74) is 10.1. The number of nitrogens with one attached hydrogen (secondary N) is 2. The van der Waals surface area contributed by atoms with E-state index in [0.717, 1.165) is 22.2 Å². The Morgan fingerprint density at radius 1 is 0.880 bits per heavy atom. The van der Waals surface area contributed by atoms with Gasteiger partial charge in [0.25, 0.3) is 0 Å². The van der Waals surface area contributed by atoms with Crippen LogP contribution in [0, 0.1) is 5.41 Å². The first-order chi connectivity index (χ1) is 12.1. The number of fused-ring (bicyclic) bond motifs is 1. The van der Waals surface area contributed by atoms with Gasteiger partial charge in [-0.05, 0) is 41.0 Å². The van der Waals surface area contributed by atoms with Crippen molar-refractivity contribution in [1.82, 2.24) is 4.98 Å². The van der Waals surface area contributed by atoms with E-state index in [1.165, 1.54) is 0 Å². The summed E-state index contributed by atoms with van der Waals surface area (Å²) in [5, 5.41) is 21.4. The summed E-state index contributed by atoms with van der Waals surface area (Å²) in [6.07, 6.45) is 0. The quantitative estimate of drug-likeness (QED) is 0.394. The van der Waals surface area contributed by atoms with Crippen LogP contribution in [0.5, 0.6) is 5.75 Å². The van der Waals surface area contributed by atoms with Crippen LogP contribution < -0.4 is 10.8 Å². The lowest BCUT2D eigenvalue weighted by Gasteiger charge is -2.18. The molecule has 0 bridgehead atoms. The molecule has 1 heterocycles. The number of hydrogen-bond donors (Lipinski definition) is 3. The topological polar surface area (TPSA) is 88.7 Å². The molecule has 0 fully saturated rings.